The summed E-state index contributed by atoms with van der Waals surface area (Å²) >= 11 is 10.6. The molecule has 1 heterocycles. The van der Waals surface area contributed by atoms with Crippen molar-refractivity contribution >= 4 is 33.2 Å². The largest absolute Gasteiger partial charge is 0.432 e. The zero-order valence-corrected chi connectivity index (χ0v) is 7.37. The average Bonchev–Trinajstić information content (AvgIpc) is 2.08. The number of sulfonamides is 1. The molecule has 4 nitrogen and oxygen atoms in total. The normalized spacial score (nSPS) is 11.9. The van der Waals surface area contributed by atoms with E-state index in [4.69, 9.17) is 28.3 Å². The van der Waals surface area contributed by atoms with E-state index in [-0.39, 0.29) is 15.3 Å². The van der Waals surface area contributed by atoms with Crippen LogP contribution in [0.5, 0.6) is 0 Å². The molecule has 0 amide bonds. The number of rotatable bonds is 1. The Morgan fingerprint density at radius 3 is 2.18 bits per heavy atom. The smallest absolute Gasteiger partial charge is 0.242 e. The molecule has 2 N–H and O–H groups in total. The molecule has 0 bridgehead atoms. The number of furan rings is 1. The van der Waals surface area contributed by atoms with Crippen LogP contribution in [0, 0.1) is 0 Å². The molecule has 0 saturated heterocycles. The number of hydrogen-bond donors (Lipinski definition) is 1. The first kappa shape index (κ1) is 8.86. The minimum atomic E-state index is -3.82. The van der Waals surface area contributed by atoms with E-state index >= 15 is 0 Å². The molecule has 0 aromatic carbocycles. The third kappa shape index (κ3) is 1.87. The minimum Gasteiger partial charge on any atom is -0.432 e. The van der Waals surface area contributed by atoms with Crippen molar-refractivity contribution in [3.8, 4) is 0 Å². The summed E-state index contributed by atoms with van der Waals surface area (Å²) in [6.45, 7) is 0. The Morgan fingerprint density at radius 1 is 1.45 bits per heavy atom. The van der Waals surface area contributed by atoms with Crippen LogP contribution in [0.1, 0.15) is 0 Å². The predicted molar refractivity (Wildman–Crippen MR) is 40.1 cm³/mol. The van der Waals surface area contributed by atoms with E-state index in [1.54, 1.807) is 0 Å². The maximum absolute atomic E-state index is 10.6. The SMILES string of the molecule is NS(=O)(=O)c1cc(Cl)oc1Cl. The first-order chi connectivity index (χ1) is 4.91. The first-order valence-electron chi connectivity index (χ1n) is 2.39. The van der Waals surface area contributed by atoms with Gasteiger partial charge in [0.05, 0.1) is 0 Å². The lowest BCUT2D eigenvalue weighted by Crippen LogP contribution is -2.11. The van der Waals surface area contributed by atoms with E-state index in [9.17, 15) is 8.42 Å². The zero-order chi connectivity index (χ0) is 8.65. The van der Waals surface area contributed by atoms with E-state index < -0.39 is 10.0 Å². The Balaban J connectivity index is 3.36. The summed E-state index contributed by atoms with van der Waals surface area (Å²) in [6, 6.07) is 1.04. The number of nitrogens with two attached hydrogens (primary N) is 1. The van der Waals surface area contributed by atoms with E-state index in [0.717, 1.165) is 6.07 Å². The van der Waals surface area contributed by atoms with Gasteiger partial charge in [-0.25, -0.2) is 13.6 Å². The molecule has 7 heteroatoms. The summed E-state index contributed by atoms with van der Waals surface area (Å²) in [6.07, 6.45) is 0. The third-order valence-electron chi connectivity index (χ3n) is 0.932. The molecule has 1 aromatic heterocycles. The van der Waals surface area contributed by atoms with Crippen molar-refractivity contribution in [2.75, 3.05) is 0 Å². The van der Waals surface area contributed by atoms with Gasteiger partial charge in [0.25, 0.3) is 0 Å². The lowest BCUT2D eigenvalue weighted by Gasteiger charge is -1.89. The molecule has 0 radical (unpaired) electrons. The van der Waals surface area contributed by atoms with Crippen LogP contribution < -0.4 is 5.14 Å². The van der Waals surface area contributed by atoms with Gasteiger partial charge in [0.15, 0.2) is 5.22 Å². The topological polar surface area (TPSA) is 73.3 Å². The lowest BCUT2D eigenvalue weighted by atomic mass is 10.7. The van der Waals surface area contributed by atoms with E-state index in [2.05, 4.69) is 4.42 Å². The van der Waals surface area contributed by atoms with Crippen molar-refractivity contribution in [3.05, 3.63) is 16.5 Å². The lowest BCUT2D eigenvalue weighted by molar-refractivity contribution is 0.560. The molecular formula is C4H3Cl2NO3S. The van der Waals surface area contributed by atoms with Gasteiger partial charge in [0, 0.05) is 6.07 Å². The van der Waals surface area contributed by atoms with Gasteiger partial charge in [-0.1, -0.05) is 0 Å². The molecular weight excluding hydrogens is 213 g/mol. The van der Waals surface area contributed by atoms with Crippen molar-refractivity contribution in [3.63, 3.8) is 0 Å². The summed E-state index contributed by atoms with van der Waals surface area (Å²) in [5.74, 6) is 0. The van der Waals surface area contributed by atoms with Crippen molar-refractivity contribution in [2.24, 2.45) is 5.14 Å². The zero-order valence-electron chi connectivity index (χ0n) is 5.04. The fourth-order valence-corrected chi connectivity index (χ4v) is 1.81. The van der Waals surface area contributed by atoms with Crippen molar-refractivity contribution in [1.82, 2.24) is 0 Å². The molecule has 0 unspecified atom stereocenters. The van der Waals surface area contributed by atoms with Gasteiger partial charge in [0.1, 0.15) is 4.90 Å². The van der Waals surface area contributed by atoms with E-state index in [1.165, 1.54) is 0 Å². The van der Waals surface area contributed by atoms with Crippen LogP contribution in [0.25, 0.3) is 0 Å². The third-order valence-corrected chi connectivity index (χ3v) is 2.43. The monoisotopic (exact) mass is 215 g/mol. The Bertz CT molecular complexity index is 369. The van der Waals surface area contributed by atoms with Crippen LogP contribution in [0.15, 0.2) is 15.4 Å². The Hall–Kier alpha value is -0.230. The molecule has 0 aliphatic heterocycles. The Kier molecular flexibility index (Phi) is 2.15. The van der Waals surface area contributed by atoms with Crippen LogP contribution >= 0.6 is 23.2 Å². The van der Waals surface area contributed by atoms with Gasteiger partial charge in [-0.2, -0.15) is 0 Å². The van der Waals surface area contributed by atoms with Gasteiger partial charge in [0.2, 0.25) is 15.2 Å². The van der Waals surface area contributed by atoms with Gasteiger partial charge in [-0.15, -0.1) is 0 Å². The Labute approximate surface area is 72.9 Å². The molecule has 11 heavy (non-hydrogen) atoms. The Morgan fingerprint density at radius 2 is 2.00 bits per heavy atom. The van der Waals surface area contributed by atoms with Gasteiger partial charge < -0.3 is 4.42 Å². The second-order valence-electron chi connectivity index (χ2n) is 1.73. The second-order valence-corrected chi connectivity index (χ2v) is 3.98. The molecule has 0 aliphatic carbocycles. The molecule has 0 saturated carbocycles. The van der Waals surface area contributed by atoms with Crippen molar-refractivity contribution < 1.29 is 12.8 Å². The molecule has 0 atom stereocenters. The van der Waals surface area contributed by atoms with E-state index in [0.29, 0.717) is 0 Å². The molecule has 0 fully saturated rings. The van der Waals surface area contributed by atoms with Gasteiger partial charge in [-0.05, 0) is 23.2 Å². The standard InChI is InChI=1S/C4H3Cl2NO3S/c5-3-1-2(4(6)10-3)11(7,8)9/h1H,(H2,7,8,9). The summed E-state index contributed by atoms with van der Waals surface area (Å²) in [7, 11) is -3.82. The quantitative estimate of drug-likeness (QED) is 0.767. The molecule has 62 valence electrons. The van der Waals surface area contributed by atoms with Crippen LogP contribution in [0.3, 0.4) is 0 Å². The number of primary sulfonamides is 1. The van der Waals surface area contributed by atoms with Crippen molar-refractivity contribution in [2.45, 2.75) is 4.90 Å². The fraction of sp³-hybridized carbons (Fsp3) is 0. The van der Waals surface area contributed by atoms with E-state index in [1.807, 2.05) is 0 Å². The highest BCUT2D eigenvalue weighted by Gasteiger charge is 2.17. The highest BCUT2D eigenvalue weighted by molar-refractivity contribution is 7.89. The molecule has 0 aliphatic rings. The van der Waals surface area contributed by atoms with Gasteiger partial charge >= 0.3 is 0 Å². The minimum absolute atomic E-state index is 0.112. The fourth-order valence-electron chi connectivity index (χ4n) is 0.519. The van der Waals surface area contributed by atoms with Crippen LogP contribution in [-0.2, 0) is 10.0 Å². The van der Waals surface area contributed by atoms with Gasteiger partial charge in [-0.3, -0.25) is 0 Å². The number of halogens is 2. The van der Waals surface area contributed by atoms with Crippen LogP contribution in [-0.4, -0.2) is 8.42 Å². The average molecular weight is 216 g/mol. The van der Waals surface area contributed by atoms with Crippen LogP contribution in [0.4, 0.5) is 0 Å². The summed E-state index contributed by atoms with van der Waals surface area (Å²) in [4.78, 5) is -0.302. The maximum atomic E-state index is 10.6. The summed E-state index contributed by atoms with van der Waals surface area (Å²) in [5, 5.41) is 4.31. The molecule has 0 spiro atoms. The molecule has 1 aromatic rings. The maximum Gasteiger partial charge on any atom is 0.242 e. The predicted octanol–water partition coefficient (Wildman–Crippen LogP) is 1.23. The van der Waals surface area contributed by atoms with Crippen molar-refractivity contribution in [1.29, 1.82) is 0 Å². The summed E-state index contributed by atoms with van der Waals surface area (Å²) < 4.78 is 25.8. The second kappa shape index (κ2) is 2.67. The first-order valence-corrected chi connectivity index (χ1v) is 4.69. The van der Waals surface area contributed by atoms with Crippen LogP contribution in [0.2, 0.25) is 10.4 Å². The highest BCUT2D eigenvalue weighted by Crippen LogP contribution is 2.26. The summed E-state index contributed by atoms with van der Waals surface area (Å²) in [5.41, 5.74) is 0. The highest BCUT2D eigenvalue weighted by atomic mass is 35.5. The molecule has 1 rings (SSSR count). The number of hydrogen-bond acceptors (Lipinski definition) is 3.